The number of allylic oxidation sites excluding steroid dienone is 1. The van der Waals surface area contributed by atoms with E-state index in [1.165, 1.54) is 0 Å². The molecule has 1 saturated carbocycles. The van der Waals surface area contributed by atoms with Crippen LogP contribution in [-0.4, -0.2) is 42.6 Å². The molecule has 6 heteroatoms. The van der Waals surface area contributed by atoms with Gasteiger partial charge in [-0.25, -0.2) is 0 Å². The first-order valence-electron chi connectivity index (χ1n) is 15.0. The molecule has 1 heterocycles. The van der Waals surface area contributed by atoms with Crippen LogP contribution in [0.2, 0.25) is 0 Å². The van der Waals surface area contributed by atoms with E-state index in [0.29, 0.717) is 26.4 Å². The molecule has 220 valence electrons. The minimum Gasteiger partial charge on any atom is -0.370 e. The summed E-state index contributed by atoms with van der Waals surface area (Å²) < 4.78 is 32.2. The second-order valence-corrected chi connectivity index (χ2v) is 11.9. The van der Waals surface area contributed by atoms with Crippen LogP contribution in [-0.2, 0) is 48.3 Å². The quantitative estimate of drug-likeness (QED) is 0.268. The van der Waals surface area contributed by atoms with E-state index < -0.39 is 24.1 Å². The lowest BCUT2D eigenvalue weighted by Gasteiger charge is -2.49. The number of benzene rings is 3. The third kappa shape index (κ3) is 6.59. The number of ketones is 1. The van der Waals surface area contributed by atoms with E-state index in [1.54, 1.807) is 0 Å². The average Bonchev–Trinajstić information content (AvgIpc) is 3.39. The lowest BCUT2D eigenvalue weighted by atomic mass is 9.63. The van der Waals surface area contributed by atoms with Gasteiger partial charge in [0.05, 0.1) is 38.6 Å². The van der Waals surface area contributed by atoms with E-state index >= 15 is 0 Å². The van der Waals surface area contributed by atoms with Crippen molar-refractivity contribution in [1.82, 2.24) is 0 Å². The summed E-state index contributed by atoms with van der Waals surface area (Å²) in [6.07, 6.45) is 3.10. The first-order chi connectivity index (χ1) is 20.5. The van der Waals surface area contributed by atoms with E-state index in [0.717, 1.165) is 23.1 Å². The zero-order chi connectivity index (χ0) is 28.9. The van der Waals surface area contributed by atoms with Crippen molar-refractivity contribution in [3.8, 4) is 0 Å². The summed E-state index contributed by atoms with van der Waals surface area (Å²) in [6, 6.07) is 30.1. The van der Waals surface area contributed by atoms with E-state index in [1.807, 2.05) is 92.7 Å². The maximum absolute atomic E-state index is 14.6. The molecule has 2 fully saturated rings. The lowest BCUT2D eigenvalue weighted by molar-refractivity contribution is -0.204. The van der Waals surface area contributed by atoms with Crippen molar-refractivity contribution in [1.29, 1.82) is 0 Å². The zero-order valence-electron chi connectivity index (χ0n) is 24.3. The Morgan fingerprint density at radius 3 is 1.79 bits per heavy atom. The average molecular weight is 569 g/mol. The van der Waals surface area contributed by atoms with Gasteiger partial charge in [0, 0.05) is 17.8 Å². The minimum absolute atomic E-state index is 0.0463. The summed E-state index contributed by atoms with van der Waals surface area (Å²) in [5, 5.41) is 0. The summed E-state index contributed by atoms with van der Waals surface area (Å²) in [4.78, 5) is 14.6. The highest BCUT2D eigenvalue weighted by atomic mass is 16.7. The predicted octanol–water partition coefficient (Wildman–Crippen LogP) is 6.29. The van der Waals surface area contributed by atoms with Gasteiger partial charge >= 0.3 is 0 Å². The Balaban J connectivity index is 1.33. The van der Waals surface area contributed by atoms with Gasteiger partial charge in [-0.2, -0.15) is 0 Å². The molecule has 6 rings (SSSR count). The highest BCUT2D eigenvalue weighted by molar-refractivity contribution is 5.88. The van der Waals surface area contributed by atoms with E-state index in [-0.39, 0.29) is 29.6 Å². The van der Waals surface area contributed by atoms with Crippen LogP contribution in [0.4, 0.5) is 0 Å². The molecule has 0 spiro atoms. The molecular weight excluding hydrogens is 528 g/mol. The first kappa shape index (κ1) is 29.0. The molecule has 1 aliphatic heterocycles. The molecule has 0 unspecified atom stereocenters. The van der Waals surface area contributed by atoms with Crippen molar-refractivity contribution in [2.75, 3.05) is 6.61 Å². The summed E-state index contributed by atoms with van der Waals surface area (Å²) in [5.74, 6) is -1.18. The van der Waals surface area contributed by atoms with Crippen molar-refractivity contribution < 1.29 is 28.5 Å². The Morgan fingerprint density at radius 1 is 0.738 bits per heavy atom. The largest absolute Gasteiger partial charge is 0.370 e. The molecule has 0 N–H and O–H groups in total. The lowest BCUT2D eigenvalue weighted by Crippen LogP contribution is -2.61. The third-order valence-corrected chi connectivity index (χ3v) is 8.60. The van der Waals surface area contributed by atoms with Gasteiger partial charge in [-0.3, -0.25) is 4.79 Å². The van der Waals surface area contributed by atoms with Crippen molar-refractivity contribution in [2.24, 2.45) is 17.8 Å². The minimum atomic E-state index is -0.791. The molecule has 0 aromatic heterocycles. The molecule has 1 saturated heterocycles. The van der Waals surface area contributed by atoms with Crippen molar-refractivity contribution >= 4 is 5.78 Å². The number of hydrogen-bond donors (Lipinski definition) is 0. The Kier molecular flexibility index (Phi) is 8.98. The van der Waals surface area contributed by atoms with Gasteiger partial charge in [-0.1, -0.05) is 103 Å². The molecular formula is C36H40O6. The predicted molar refractivity (Wildman–Crippen MR) is 159 cm³/mol. The second kappa shape index (κ2) is 13.0. The normalized spacial score (nSPS) is 30.2. The highest BCUT2D eigenvalue weighted by Crippen LogP contribution is 2.46. The number of Topliss-reactive ketones (excluding diaryl/α,β-unsaturated/α-hetero) is 1. The SMILES string of the molecule is CC1(C)OC[C@H]([C@H]2CC=C[C@@H]3[C@@H](OCc4ccccc4)[C@H](OCc4ccccc4)[C@@H](OCc4ccccc4)C(=O)[C@@H]32)O1. The first-order valence-corrected chi connectivity index (χ1v) is 15.0. The molecule has 0 amide bonds. The second-order valence-electron chi connectivity index (χ2n) is 11.9. The fourth-order valence-corrected chi connectivity index (χ4v) is 6.57. The van der Waals surface area contributed by atoms with Gasteiger partial charge in [-0.15, -0.1) is 0 Å². The maximum Gasteiger partial charge on any atom is 0.168 e. The molecule has 6 nitrogen and oxygen atoms in total. The molecule has 3 aromatic carbocycles. The number of carbonyl (C=O) groups is 1. The fraction of sp³-hybridized carbons (Fsp3) is 0.417. The topological polar surface area (TPSA) is 63.2 Å². The van der Waals surface area contributed by atoms with Crippen LogP contribution in [0.1, 0.15) is 37.0 Å². The van der Waals surface area contributed by atoms with E-state index in [4.69, 9.17) is 23.7 Å². The summed E-state index contributed by atoms with van der Waals surface area (Å²) in [5.41, 5.74) is 3.11. The van der Waals surface area contributed by atoms with Gasteiger partial charge in [0.1, 0.15) is 12.2 Å². The fourth-order valence-electron chi connectivity index (χ4n) is 6.57. The molecule has 42 heavy (non-hydrogen) atoms. The Hall–Kier alpha value is -3.13. The van der Waals surface area contributed by atoms with E-state index in [2.05, 4.69) is 24.3 Å². The van der Waals surface area contributed by atoms with Crippen molar-refractivity contribution in [3.63, 3.8) is 0 Å². The molecule has 0 bridgehead atoms. The van der Waals surface area contributed by atoms with Gasteiger partial charge in [0.25, 0.3) is 0 Å². The summed E-state index contributed by atoms with van der Waals surface area (Å²) in [6.45, 7) is 5.39. The number of ether oxygens (including phenoxy) is 5. The standard InChI is InChI=1S/C36H40O6/c1-36(2)41-24-30(42-36)28-19-12-20-29-31(28)32(37)34(39-22-26-15-8-4-9-16-26)35(40-23-27-17-10-5-11-18-27)33(29)38-21-25-13-6-3-7-14-25/h3-18,20,28-31,33-35H,19,21-24H2,1-2H3/t28-,29+,30-,31-,33-,34+,35+/m1/s1. The smallest absolute Gasteiger partial charge is 0.168 e. The van der Waals surface area contributed by atoms with Gasteiger partial charge in [0.2, 0.25) is 0 Å². The van der Waals surface area contributed by atoms with Crippen LogP contribution in [0.25, 0.3) is 0 Å². The van der Waals surface area contributed by atoms with Crippen LogP contribution in [0, 0.1) is 17.8 Å². The van der Waals surface area contributed by atoms with Crippen LogP contribution < -0.4 is 0 Å². The van der Waals surface area contributed by atoms with Crippen LogP contribution in [0.5, 0.6) is 0 Å². The van der Waals surface area contributed by atoms with E-state index in [9.17, 15) is 4.79 Å². The van der Waals surface area contributed by atoms with Crippen LogP contribution >= 0.6 is 0 Å². The Labute approximate surface area is 248 Å². The number of fused-ring (bicyclic) bond motifs is 1. The molecule has 0 radical (unpaired) electrons. The summed E-state index contributed by atoms with van der Waals surface area (Å²) >= 11 is 0. The Bertz CT molecular complexity index is 1320. The van der Waals surface area contributed by atoms with Gasteiger partial charge in [-0.05, 0) is 37.0 Å². The van der Waals surface area contributed by atoms with Gasteiger partial charge < -0.3 is 23.7 Å². The number of hydrogen-bond acceptors (Lipinski definition) is 6. The van der Waals surface area contributed by atoms with Crippen LogP contribution in [0.15, 0.2) is 103 Å². The zero-order valence-corrected chi connectivity index (χ0v) is 24.3. The summed E-state index contributed by atoms with van der Waals surface area (Å²) in [7, 11) is 0. The van der Waals surface area contributed by atoms with Crippen molar-refractivity contribution in [3.05, 3.63) is 120 Å². The maximum atomic E-state index is 14.6. The monoisotopic (exact) mass is 568 g/mol. The number of rotatable bonds is 10. The molecule has 3 aliphatic rings. The molecule has 3 aromatic rings. The molecule has 7 atom stereocenters. The molecule has 2 aliphatic carbocycles. The number of carbonyl (C=O) groups excluding carboxylic acids is 1. The Morgan fingerprint density at radius 2 is 1.26 bits per heavy atom. The van der Waals surface area contributed by atoms with Crippen LogP contribution in [0.3, 0.4) is 0 Å². The van der Waals surface area contributed by atoms with Crippen molar-refractivity contribution in [2.45, 2.75) is 70.3 Å². The third-order valence-electron chi connectivity index (χ3n) is 8.60. The van der Waals surface area contributed by atoms with Gasteiger partial charge in [0.15, 0.2) is 11.6 Å². The highest BCUT2D eigenvalue weighted by Gasteiger charge is 2.56.